The van der Waals surface area contributed by atoms with Gasteiger partial charge in [-0.1, -0.05) is 0 Å². The zero-order valence-corrected chi connectivity index (χ0v) is 6.04. The summed E-state index contributed by atoms with van der Waals surface area (Å²) in [5, 5.41) is 10.1. The van der Waals surface area contributed by atoms with Crippen molar-refractivity contribution in [2.45, 2.75) is 13.0 Å². The zero-order chi connectivity index (χ0) is 7.82. The largest absolute Gasteiger partial charge is 0.483 e. The van der Waals surface area contributed by atoms with Crippen LogP contribution in [0, 0.1) is 0 Å². The number of rotatable bonds is 0. The molecule has 0 amide bonds. The first kappa shape index (κ1) is 9.39. The van der Waals surface area contributed by atoms with Gasteiger partial charge in [0.25, 0.3) is 6.47 Å². The molecule has 0 bridgehead atoms. The molecule has 0 radical (unpaired) electrons. The van der Waals surface area contributed by atoms with Gasteiger partial charge in [0, 0.05) is 13.1 Å². The molecule has 1 saturated heterocycles. The Balaban J connectivity index is 0.000000236. The molecular formula is C6H13NO3. The quantitative estimate of drug-likeness (QED) is 0.462. The Bertz CT molecular complexity index is 81.1. The fraction of sp³-hybridized carbons (Fsp3) is 0.833. The van der Waals surface area contributed by atoms with Gasteiger partial charge in [0.15, 0.2) is 0 Å². The predicted octanol–water partition coefficient (Wildman–Crippen LogP) is -0.305. The number of carbonyl (C=O) groups is 1. The van der Waals surface area contributed by atoms with Crippen molar-refractivity contribution in [2.75, 3.05) is 19.7 Å². The van der Waals surface area contributed by atoms with E-state index in [1.807, 2.05) is 0 Å². The Morgan fingerprint density at radius 3 is 2.60 bits per heavy atom. The molecule has 1 rings (SSSR count). The molecule has 1 aliphatic heterocycles. The molecule has 1 heterocycles. The molecule has 1 fully saturated rings. The summed E-state index contributed by atoms with van der Waals surface area (Å²) in [7, 11) is 0. The summed E-state index contributed by atoms with van der Waals surface area (Å²) in [6, 6.07) is 0. The first-order valence-electron chi connectivity index (χ1n) is 3.21. The van der Waals surface area contributed by atoms with E-state index in [-0.39, 0.29) is 6.47 Å². The van der Waals surface area contributed by atoms with E-state index >= 15 is 0 Å². The summed E-state index contributed by atoms with van der Waals surface area (Å²) in [6.45, 7) is 4.73. The van der Waals surface area contributed by atoms with Gasteiger partial charge in [-0.15, -0.1) is 0 Å². The lowest BCUT2D eigenvalue weighted by Crippen LogP contribution is -2.36. The molecule has 0 aromatic rings. The molecule has 0 aromatic heterocycles. The Labute approximate surface area is 60.2 Å². The molecule has 0 spiro atoms. The molecule has 10 heavy (non-hydrogen) atoms. The van der Waals surface area contributed by atoms with Gasteiger partial charge < -0.3 is 15.2 Å². The second-order valence-electron chi connectivity index (χ2n) is 1.99. The number of nitrogens with one attached hydrogen (secondary N) is 1. The summed E-state index contributed by atoms with van der Waals surface area (Å²) in [4.78, 5) is 8.36. The first-order valence-corrected chi connectivity index (χ1v) is 3.21. The van der Waals surface area contributed by atoms with Crippen molar-refractivity contribution in [2.24, 2.45) is 0 Å². The number of hydrogen-bond donors (Lipinski definition) is 2. The highest BCUT2D eigenvalue weighted by atomic mass is 16.5. The fourth-order valence-corrected chi connectivity index (χ4v) is 0.697. The normalized spacial score (nSPS) is 24.3. The Kier molecular flexibility index (Phi) is 6.11. The molecule has 4 nitrogen and oxygen atoms in total. The van der Waals surface area contributed by atoms with Crippen LogP contribution < -0.4 is 5.32 Å². The lowest BCUT2D eigenvalue weighted by molar-refractivity contribution is -0.122. The molecule has 1 unspecified atom stereocenters. The maximum atomic E-state index is 8.36. The fourth-order valence-electron chi connectivity index (χ4n) is 0.697. The van der Waals surface area contributed by atoms with Gasteiger partial charge in [-0.3, -0.25) is 4.79 Å². The summed E-state index contributed by atoms with van der Waals surface area (Å²) < 4.78 is 5.22. The van der Waals surface area contributed by atoms with Crippen LogP contribution in [0.25, 0.3) is 0 Å². The molecule has 0 aliphatic carbocycles. The molecule has 60 valence electrons. The first-order chi connectivity index (χ1) is 4.81. The third-order valence-corrected chi connectivity index (χ3v) is 1.11. The third kappa shape index (κ3) is 5.53. The van der Waals surface area contributed by atoms with Gasteiger partial charge >= 0.3 is 0 Å². The van der Waals surface area contributed by atoms with E-state index in [2.05, 4.69) is 12.2 Å². The van der Waals surface area contributed by atoms with E-state index < -0.39 is 0 Å². The van der Waals surface area contributed by atoms with Crippen LogP contribution in [0.2, 0.25) is 0 Å². The lowest BCUT2D eigenvalue weighted by atomic mass is 10.3. The summed E-state index contributed by atoms with van der Waals surface area (Å²) in [5.74, 6) is 0. The molecule has 4 heteroatoms. The van der Waals surface area contributed by atoms with Gasteiger partial charge in [0.2, 0.25) is 0 Å². The van der Waals surface area contributed by atoms with Crippen molar-refractivity contribution in [1.82, 2.24) is 5.32 Å². The van der Waals surface area contributed by atoms with Crippen LogP contribution in [0.4, 0.5) is 0 Å². The SMILES string of the molecule is CC1CNCCO1.O=CO. The minimum atomic E-state index is -0.250. The van der Waals surface area contributed by atoms with Crippen LogP contribution in [-0.2, 0) is 9.53 Å². The van der Waals surface area contributed by atoms with Crippen molar-refractivity contribution >= 4 is 6.47 Å². The predicted molar refractivity (Wildman–Crippen MR) is 37.0 cm³/mol. The summed E-state index contributed by atoms with van der Waals surface area (Å²) >= 11 is 0. The number of ether oxygens (including phenoxy) is 1. The van der Waals surface area contributed by atoms with E-state index in [9.17, 15) is 0 Å². The highest BCUT2D eigenvalue weighted by Crippen LogP contribution is 1.91. The van der Waals surface area contributed by atoms with Crippen LogP contribution in [0.3, 0.4) is 0 Å². The average Bonchev–Trinajstić information content (AvgIpc) is 1.91. The standard InChI is InChI=1S/C5H11NO.CH2O2/c1-5-4-6-2-3-7-5;2-1-3/h5-6H,2-4H2,1H3;1H,(H,2,3). The van der Waals surface area contributed by atoms with Gasteiger partial charge in [0.1, 0.15) is 0 Å². The molecule has 0 aromatic carbocycles. The average molecular weight is 147 g/mol. The highest BCUT2D eigenvalue weighted by Gasteiger charge is 2.04. The van der Waals surface area contributed by atoms with Crippen molar-refractivity contribution < 1.29 is 14.6 Å². The van der Waals surface area contributed by atoms with Gasteiger partial charge in [0.05, 0.1) is 12.7 Å². The van der Waals surface area contributed by atoms with E-state index in [0.29, 0.717) is 6.10 Å². The Hall–Kier alpha value is -0.610. The molecule has 1 aliphatic rings. The highest BCUT2D eigenvalue weighted by molar-refractivity contribution is 5.32. The van der Waals surface area contributed by atoms with Crippen LogP contribution in [0.15, 0.2) is 0 Å². The van der Waals surface area contributed by atoms with E-state index in [1.54, 1.807) is 0 Å². The maximum Gasteiger partial charge on any atom is 0.290 e. The molecule has 1 atom stereocenters. The smallest absolute Gasteiger partial charge is 0.290 e. The van der Waals surface area contributed by atoms with Crippen molar-refractivity contribution in [3.05, 3.63) is 0 Å². The number of carboxylic acid groups (broad SMARTS) is 1. The Morgan fingerprint density at radius 1 is 1.80 bits per heavy atom. The minimum Gasteiger partial charge on any atom is -0.483 e. The van der Waals surface area contributed by atoms with E-state index in [0.717, 1.165) is 19.7 Å². The van der Waals surface area contributed by atoms with Crippen LogP contribution in [0.1, 0.15) is 6.92 Å². The zero-order valence-electron chi connectivity index (χ0n) is 6.04. The second kappa shape index (κ2) is 6.51. The van der Waals surface area contributed by atoms with Gasteiger partial charge in [-0.2, -0.15) is 0 Å². The third-order valence-electron chi connectivity index (χ3n) is 1.11. The van der Waals surface area contributed by atoms with E-state index in [4.69, 9.17) is 14.6 Å². The number of hydrogen-bond acceptors (Lipinski definition) is 3. The maximum absolute atomic E-state index is 8.36. The van der Waals surface area contributed by atoms with Crippen LogP contribution >= 0.6 is 0 Å². The minimum absolute atomic E-state index is 0.250. The molecule has 2 N–H and O–H groups in total. The number of morpholine rings is 1. The lowest BCUT2D eigenvalue weighted by Gasteiger charge is -2.18. The monoisotopic (exact) mass is 147 g/mol. The molecular weight excluding hydrogens is 134 g/mol. The van der Waals surface area contributed by atoms with Gasteiger partial charge in [-0.25, -0.2) is 0 Å². The summed E-state index contributed by atoms with van der Waals surface area (Å²) in [5.41, 5.74) is 0. The topological polar surface area (TPSA) is 58.6 Å². The van der Waals surface area contributed by atoms with Crippen molar-refractivity contribution in [3.63, 3.8) is 0 Å². The second-order valence-corrected chi connectivity index (χ2v) is 1.99. The molecule has 0 saturated carbocycles. The van der Waals surface area contributed by atoms with Crippen LogP contribution in [-0.4, -0.2) is 37.4 Å². The Morgan fingerprint density at radius 2 is 2.40 bits per heavy atom. The van der Waals surface area contributed by atoms with Crippen molar-refractivity contribution in [1.29, 1.82) is 0 Å². The van der Waals surface area contributed by atoms with Crippen LogP contribution in [0.5, 0.6) is 0 Å². The van der Waals surface area contributed by atoms with Gasteiger partial charge in [-0.05, 0) is 6.92 Å². The van der Waals surface area contributed by atoms with Crippen molar-refractivity contribution in [3.8, 4) is 0 Å². The summed E-state index contributed by atoms with van der Waals surface area (Å²) in [6.07, 6.45) is 0.425. The van der Waals surface area contributed by atoms with E-state index in [1.165, 1.54) is 0 Å².